The van der Waals surface area contributed by atoms with Crippen LogP contribution in [0.25, 0.3) is 0 Å². The van der Waals surface area contributed by atoms with Gasteiger partial charge in [0, 0.05) is 31.1 Å². The molecule has 5 heteroatoms. The van der Waals surface area contributed by atoms with Crippen molar-refractivity contribution < 1.29 is 0 Å². The predicted molar refractivity (Wildman–Crippen MR) is 83.7 cm³/mol. The normalized spacial score (nSPS) is 20.9. The molecule has 0 bridgehead atoms. The topological polar surface area (TPSA) is 27.6 Å². The largest absolute Gasteiger partial charge is 0.345 e. The quantitative estimate of drug-likeness (QED) is 0.354. The van der Waals surface area contributed by atoms with Crippen LogP contribution in [-0.4, -0.2) is 48.5 Å². The van der Waals surface area contributed by atoms with Crippen LogP contribution in [0.4, 0.5) is 0 Å². The molecule has 1 rings (SSSR count). The Bertz CT molecular complexity index is 262. The standard InChI is InChI=1S/C11H19N3S.HI/c1-4-6-13-11(12-3)14-7-8-15-10(5-2)9-14;/h1,10H,5-9H2,2-3H3,(H,12,13);1H. The molecule has 0 radical (unpaired) electrons. The summed E-state index contributed by atoms with van der Waals surface area (Å²) in [4.78, 5) is 6.54. The molecule has 1 N–H and O–H groups in total. The van der Waals surface area contributed by atoms with Crippen molar-refractivity contribution in [1.82, 2.24) is 10.2 Å². The van der Waals surface area contributed by atoms with Crippen molar-refractivity contribution in [3.05, 3.63) is 0 Å². The molecule has 16 heavy (non-hydrogen) atoms. The molecule has 1 aliphatic rings. The van der Waals surface area contributed by atoms with E-state index in [0.717, 1.165) is 24.3 Å². The Morgan fingerprint density at radius 1 is 1.69 bits per heavy atom. The van der Waals surface area contributed by atoms with Gasteiger partial charge in [0.2, 0.25) is 0 Å². The first-order valence-corrected chi connectivity index (χ1v) is 6.37. The van der Waals surface area contributed by atoms with Crippen LogP contribution in [0, 0.1) is 12.3 Å². The Morgan fingerprint density at radius 3 is 3.00 bits per heavy atom. The SMILES string of the molecule is C#CCNC(=NC)N1CCSC(CC)C1.I. The summed E-state index contributed by atoms with van der Waals surface area (Å²) < 4.78 is 0. The number of guanidine groups is 1. The maximum atomic E-state index is 5.22. The Morgan fingerprint density at radius 2 is 2.44 bits per heavy atom. The van der Waals surface area contributed by atoms with Crippen LogP contribution >= 0.6 is 35.7 Å². The van der Waals surface area contributed by atoms with Crippen molar-refractivity contribution in [2.45, 2.75) is 18.6 Å². The second kappa shape index (κ2) is 8.99. The molecule has 1 atom stereocenters. The summed E-state index contributed by atoms with van der Waals surface area (Å²) >= 11 is 2.05. The van der Waals surface area contributed by atoms with Crippen LogP contribution in [0.15, 0.2) is 4.99 Å². The predicted octanol–water partition coefficient (Wildman–Crippen LogP) is 1.64. The van der Waals surface area contributed by atoms with Gasteiger partial charge in [-0.2, -0.15) is 11.8 Å². The number of rotatable bonds is 2. The van der Waals surface area contributed by atoms with Crippen molar-refractivity contribution in [1.29, 1.82) is 0 Å². The molecule has 1 unspecified atom stereocenters. The van der Waals surface area contributed by atoms with Gasteiger partial charge in [0.1, 0.15) is 0 Å². The van der Waals surface area contributed by atoms with E-state index in [-0.39, 0.29) is 24.0 Å². The summed E-state index contributed by atoms with van der Waals surface area (Å²) in [6.07, 6.45) is 6.44. The summed E-state index contributed by atoms with van der Waals surface area (Å²) in [6, 6.07) is 0. The first kappa shape index (κ1) is 15.9. The van der Waals surface area contributed by atoms with E-state index in [1.54, 1.807) is 0 Å². The molecule has 3 nitrogen and oxygen atoms in total. The molecule has 0 aromatic carbocycles. The number of nitrogens with one attached hydrogen (secondary N) is 1. The average Bonchev–Trinajstić information content (AvgIpc) is 2.30. The summed E-state index contributed by atoms with van der Waals surface area (Å²) in [5.41, 5.74) is 0. The van der Waals surface area contributed by atoms with Gasteiger partial charge < -0.3 is 10.2 Å². The van der Waals surface area contributed by atoms with Crippen molar-refractivity contribution in [3.63, 3.8) is 0 Å². The molecule has 0 aliphatic carbocycles. The summed E-state index contributed by atoms with van der Waals surface area (Å²) in [6.45, 7) is 4.92. The van der Waals surface area contributed by atoms with E-state index in [1.165, 1.54) is 12.2 Å². The van der Waals surface area contributed by atoms with Gasteiger partial charge >= 0.3 is 0 Å². The van der Waals surface area contributed by atoms with Gasteiger partial charge in [0.25, 0.3) is 0 Å². The van der Waals surface area contributed by atoms with Crippen molar-refractivity contribution in [2.24, 2.45) is 4.99 Å². The molecule has 0 saturated carbocycles. The number of terminal acetylenes is 1. The number of hydrogen-bond donors (Lipinski definition) is 1. The van der Waals surface area contributed by atoms with Gasteiger partial charge in [-0.15, -0.1) is 30.4 Å². The third-order valence-corrected chi connectivity index (χ3v) is 3.83. The Hall–Kier alpha value is -0.0900. The average molecular weight is 353 g/mol. The van der Waals surface area contributed by atoms with Crippen LogP contribution in [0.5, 0.6) is 0 Å². The van der Waals surface area contributed by atoms with Gasteiger partial charge in [0.15, 0.2) is 5.96 Å². The summed E-state index contributed by atoms with van der Waals surface area (Å²) in [7, 11) is 1.81. The van der Waals surface area contributed by atoms with Crippen LogP contribution in [0.2, 0.25) is 0 Å². The Labute approximate surface area is 120 Å². The number of aliphatic imine (C=N–C) groups is 1. The number of nitrogens with zero attached hydrogens (tertiary/aromatic N) is 2. The van der Waals surface area contributed by atoms with E-state index >= 15 is 0 Å². The van der Waals surface area contributed by atoms with E-state index in [9.17, 15) is 0 Å². The maximum absolute atomic E-state index is 5.22. The smallest absolute Gasteiger partial charge is 0.194 e. The third-order valence-electron chi connectivity index (χ3n) is 2.45. The minimum atomic E-state index is 0. The zero-order chi connectivity index (χ0) is 11.1. The van der Waals surface area contributed by atoms with E-state index in [0.29, 0.717) is 6.54 Å². The highest BCUT2D eigenvalue weighted by molar-refractivity contribution is 14.0. The molecular weight excluding hydrogens is 333 g/mol. The fourth-order valence-electron chi connectivity index (χ4n) is 1.62. The van der Waals surface area contributed by atoms with Crippen LogP contribution < -0.4 is 5.32 Å². The fraction of sp³-hybridized carbons (Fsp3) is 0.727. The molecule has 0 amide bonds. The van der Waals surface area contributed by atoms with Crippen molar-refractivity contribution in [3.8, 4) is 12.3 Å². The molecule has 1 aliphatic heterocycles. The van der Waals surface area contributed by atoms with Gasteiger partial charge in [-0.3, -0.25) is 4.99 Å². The molecule has 0 aromatic rings. The number of thioether (sulfide) groups is 1. The lowest BCUT2D eigenvalue weighted by atomic mass is 10.3. The minimum absolute atomic E-state index is 0. The van der Waals surface area contributed by atoms with Crippen LogP contribution in [-0.2, 0) is 0 Å². The van der Waals surface area contributed by atoms with Gasteiger partial charge in [-0.25, -0.2) is 0 Å². The monoisotopic (exact) mass is 353 g/mol. The Kier molecular flexibility index (Phi) is 8.94. The second-order valence-electron chi connectivity index (χ2n) is 3.45. The zero-order valence-electron chi connectivity index (χ0n) is 9.90. The summed E-state index contributed by atoms with van der Waals surface area (Å²) in [5.74, 6) is 4.69. The van der Waals surface area contributed by atoms with E-state index < -0.39 is 0 Å². The summed E-state index contributed by atoms with van der Waals surface area (Å²) in [5, 5.41) is 3.89. The molecule has 1 fully saturated rings. The highest BCUT2D eigenvalue weighted by Crippen LogP contribution is 2.20. The van der Waals surface area contributed by atoms with E-state index in [2.05, 4.69) is 39.8 Å². The maximum Gasteiger partial charge on any atom is 0.194 e. The molecule has 0 spiro atoms. The highest BCUT2D eigenvalue weighted by Gasteiger charge is 2.20. The Balaban J connectivity index is 0.00000225. The lowest BCUT2D eigenvalue weighted by Gasteiger charge is -2.34. The van der Waals surface area contributed by atoms with Crippen LogP contribution in [0.1, 0.15) is 13.3 Å². The second-order valence-corrected chi connectivity index (χ2v) is 4.86. The minimum Gasteiger partial charge on any atom is -0.345 e. The number of hydrogen-bond acceptors (Lipinski definition) is 2. The fourth-order valence-corrected chi connectivity index (χ4v) is 2.80. The van der Waals surface area contributed by atoms with Crippen molar-refractivity contribution >= 4 is 41.7 Å². The highest BCUT2D eigenvalue weighted by atomic mass is 127. The lowest BCUT2D eigenvalue weighted by molar-refractivity contribution is 0.410. The van der Waals surface area contributed by atoms with E-state index in [4.69, 9.17) is 6.42 Å². The van der Waals surface area contributed by atoms with Gasteiger partial charge in [0.05, 0.1) is 6.54 Å². The molecular formula is C11H20IN3S. The first-order chi connectivity index (χ1) is 7.31. The molecule has 92 valence electrons. The van der Waals surface area contributed by atoms with E-state index in [1.807, 2.05) is 7.05 Å². The zero-order valence-corrected chi connectivity index (χ0v) is 13.0. The van der Waals surface area contributed by atoms with Crippen molar-refractivity contribution in [2.75, 3.05) is 32.4 Å². The lowest BCUT2D eigenvalue weighted by Crippen LogP contribution is -2.48. The number of halogens is 1. The van der Waals surface area contributed by atoms with Gasteiger partial charge in [-0.1, -0.05) is 12.8 Å². The van der Waals surface area contributed by atoms with Gasteiger partial charge in [-0.05, 0) is 6.42 Å². The first-order valence-electron chi connectivity index (χ1n) is 5.32. The molecule has 1 heterocycles. The third kappa shape index (κ3) is 4.83. The molecule has 0 aromatic heterocycles. The molecule has 1 saturated heterocycles. The van der Waals surface area contributed by atoms with Crippen LogP contribution in [0.3, 0.4) is 0 Å².